The third kappa shape index (κ3) is 4.00. The predicted octanol–water partition coefficient (Wildman–Crippen LogP) is 1.74. The average Bonchev–Trinajstić information content (AvgIpc) is 3.01. The van der Waals surface area contributed by atoms with Crippen LogP contribution in [0.15, 0.2) is 24.8 Å². The van der Waals surface area contributed by atoms with Crippen LogP contribution in [-0.4, -0.2) is 26.3 Å². The number of imidazole rings is 1. The molecule has 0 aliphatic carbocycles. The highest BCUT2D eigenvalue weighted by molar-refractivity contribution is 5.03. The van der Waals surface area contributed by atoms with E-state index in [1.54, 1.807) is 6.20 Å². The Bertz CT molecular complexity index is 432. The molecule has 0 aliphatic heterocycles. The van der Waals surface area contributed by atoms with Crippen molar-refractivity contribution in [1.82, 2.24) is 25.1 Å². The number of H-pyrrole nitrogens is 1. The van der Waals surface area contributed by atoms with Gasteiger partial charge in [-0.15, -0.1) is 0 Å². The first-order chi connectivity index (χ1) is 8.88. The molecule has 2 aromatic heterocycles. The average molecular weight is 247 g/mol. The Hall–Kier alpha value is -1.62. The minimum absolute atomic E-state index is 0.891. The number of hydrogen-bond acceptors (Lipinski definition) is 3. The molecule has 5 heteroatoms. The Kier molecular flexibility index (Phi) is 4.96. The van der Waals surface area contributed by atoms with E-state index in [1.807, 2.05) is 17.1 Å². The molecular weight excluding hydrogens is 226 g/mol. The molecule has 0 aliphatic rings. The number of rotatable bonds is 8. The Morgan fingerprint density at radius 1 is 1.44 bits per heavy atom. The third-order valence-electron chi connectivity index (χ3n) is 2.79. The van der Waals surface area contributed by atoms with Gasteiger partial charge in [-0.3, -0.25) is 4.68 Å². The van der Waals surface area contributed by atoms with Crippen LogP contribution in [0.4, 0.5) is 0 Å². The lowest BCUT2D eigenvalue weighted by atomic mass is 10.3. The number of aryl methyl sites for hydroxylation is 2. The van der Waals surface area contributed by atoms with Crippen LogP contribution in [0.25, 0.3) is 0 Å². The summed E-state index contributed by atoms with van der Waals surface area (Å²) in [6.45, 7) is 5.05. The van der Waals surface area contributed by atoms with Crippen molar-refractivity contribution < 1.29 is 0 Å². The highest BCUT2D eigenvalue weighted by Crippen LogP contribution is 1.99. The maximum Gasteiger partial charge on any atom is 0.106 e. The van der Waals surface area contributed by atoms with Crippen molar-refractivity contribution in [3.05, 3.63) is 36.2 Å². The van der Waals surface area contributed by atoms with Gasteiger partial charge >= 0.3 is 0 Å². The molecule has 0 saturated heterocycles. The van der Waals surface area contributed by atoms with Crippen LogP contribution in [0.2, 0.25) is 0 Å². The van der Waals surface area contributed by atoms with E-state index in [4.69, 9.17) is 0 Å². The van der Waals surface area contributed by atoms with Gasteiger partial charge in [0.1, 0.15) is 5.82 Å². The molecule has 0 radical (unpaired) electrons. The molecule has 0 bridgehead atoms. The molecule has 0 unspecified atom stereocenters. The van der Waals surface area contributed by atoms with Crippen LogP contribution in [0, 0.1) is 0 Å². The van der Waals surface area contributed by atoms with E-state index >= 15 is 0 Å². The summed E-state index contributed by atoms with van der Waals surface area (Å²) in [4.78, 5) is 7.31. The van der Waals surface area contributed by atoms with Gasteiger partial charge in [-0.2, -0.15) is 5.10 Å². The zero-order valence-electron chi connectivity index (χ0n) is 10.9. The molecule has 0 amide bonds. The van der Waals surface area contributed by atoms with Crippen LogP contribution in [0.5, 0.6) is 0 Å². The Labute approximate surface area is 108 Å². The summed E-state index contributed by atoms with van der Waals surface area (Å²) in [7, 11) is 0. The van der Waals surface area contributed by atoms with Gasteiger partial charge in [0.05, 0.1) is 6.20 Å². The van der Waals surface area contributed by atoms with Gasteiger partial charge in [0.25, 0.3) is 0 Å². The second-order valence-corrected chi connectivity index (χ2v) is 4.43. The number of hydrogen-bond donors (Lipinski definition) is 2. The van der Waals surface area contributed by atoms with Gasteiger partial charge in [-0.1, -0.05) is 6.92 Å². The van der Waals surface area contributed by atoms with E-state index in [1.165, 1.54) is 5.56 Å². The first-order valence-corrected chi connectivity index (χ1v) is 6.59. The lowest BCUT2D eigenvalue weighted by molar-refractivity contribution is 0.600. The van der Waals surface area contributed by atoms with Gasteiger partial charge in [0, 0.05) is 43.7 Å². The zero-order chi connectivity index (χ0) is 12.6. The Balaban J connectivity index is 1.59. The highest BCUT2D eigenvalue weighted by atomic mass is 15.3. The highest BCUT2D eigenvalue weighted by Gasteiger charge is 1.98. The van der Waals surface area contributed by atoms with Crippen molar-refractivity contribution in [2.45, 2.75) is 39.3 Å². The SMILES string of the molecule is CCCn1cc(CNCCCc2ncc[nH]2)cn1. The largest absolute Gasteiger partial charge is 0.349 e. The van der Waals surface area contributed by atoms with Crippen molar-refractivity contribution in [3.8, 4) is 0 Å². The van der Waals surface area contributed by atoms with Gasteiger partial charge in [0.2, 0.25) is 0 Å². The molecule has 0 spiro atoms. The topological polar surface area (TPSA) is 58.5 Å². The van der Waals surface area contributed by atoms with Gasteiger partial charge < -0.3 is 10.3 Å². The third-order valence-corrected chi connectivity index (χ3v) is 2.79. The minimum atomic E-state index is 0.891. The van der Waals surface area contributed by atoms with Crippen LogP contribution >= 0.6 is 0 Å². The molecule has 18 heavy (non-hydrogen) atoms. The first-order valence-electron chi connectivity index (χ1n) is 6.59. The molecule has 0 aromatic carbocycles. The fraction of sp³-hybridized carbons (Fsp3) is 0.538. The second-order valence-electron chi connectivity index (χ2n) is 4.43. The number of aromatic amines is 1. The number of nitrogens with zero attached hydrogens (tertiary/aromatic N) is 3. The number of nitrogens with one attached hydrogen (secondary N) is 2. The van der Waals surface area contributed by atoms with E-state index in [9.17, 15) is 0 Å². The molecule has 2 rings (SSSR count). The molecule has 0 fully saturated rings. The monoisotopic (exact) mass is 247 g/mol. The predicted molar refractivity (Wildman–Crippen MR) is 71.1 cm³/mol. The normalized spacial score (nSPS) is 10.9. The lowest BCUT2D eigenvalue weighted by Gasteiger charge is -2.01. The van der Waals surface area contributed by atoms with Crippen LogP contribution in [-0.2, 0) is 19.5 Å². The quantitative estimate of drug-likeness (QED) is 0.699. The van der Waals surface area contributed by atoms with E-state index in [0.29, 0.717) is 0 Å². The minimum Gasteiger partial charge on any atom is -0.349 e. The number of aromatic nitrogens is 4. The Morgan fingerprint density at radius 3 is 3.17 bits per heavy atom. The van der Waals surface area contributed by atoms with E-state index in [-0.39, 0.29) is 0 Å². The van der Waals surface area contributed by atoms with Crippen molar-refractivity contribution in [1.29, 1.82) is 0 Å². The van der Waals surface area contributed by atoms with Gasteiger partial charge in [0.15, 0.2) is 0 Å². The lowest BCUT2D eigenvalue weighted by Crippen LogP contribution is -2.15. The van der Waals surface area contributed by atoms with Crippen molar-refractivity contribution in [3.63, 3.8) is 0 Å². The maximum atomic E-state index is 4.31. The van der Waals surface area contributed by atoms with Crippen LogP contribution < -0.4 is 5.32 Å². The summed E-state index contributed by atoms with van der Waals surface area (Å²) < 4.78 is 2.00. The Morgan fingerprint density at radius 2 is 2.39 bits per heavy atom. The summed E-state index contributed by atoms with van der Waals surface area (Å²) in [5.74, 6) is 1.06. The van der Waals surface area contributed by atoms with Gasteiger partial charge in [-0.05, 0) is 19.4 Å². The summed E-state index contributed by atoms with van der Waals surface area (Å²) in [6.07, 6.45) is 10.9. The summed E-state index contributed by atoms with van der Waals surface area (Å²) in [5, 5.41) is 7.73. The molecule has 2 aromatic rings. The van der Waals surface area contributed by atoms with Crippen LogP contribution in [0.1, 0.15) is 31.2 Å². The molecule has 98 valence electrons. The molecule has 2 heterocycles. The first kappa shape index (κ1) is 12.8. The smallest absolute Gasteiger partial charge is 0.106 e. The summed E-state index contributed by atoms with van der Waals surface area (Å²) in [5.41, 5.74) is 1.25. The standard InChI is InChI=1S/C13H21N5/c1-2-8-18-11-12(10-17-18)9-14-5-3-4-13-15-6-7-16-13/h6-7,10-11,14H,2-5,8-9H2,1H3,(H,15,16). The second kappa shape index (κ2) is 6.96. The van der Waals surface area contributed by atoms with Crippen LogP contribution in [0.3, 0.4) is 0 Å². The van der Waals surface area contributed by atoms with E-state index in [0.717, 1.165) is 44.7 Å². The van der Waals surface area contributed by atoms with Crippen molar-refractivity contribution in [2.24, 2.45) is 0 Å². The molecular formula is C13H21N5. The molecule has 2 N–H and O–H groups in total. The summed E-state index contributed by atoms with van der Waals surface area (Å²) >= 11 is 0. The van der Waals surface area contributed by atoms with Gasteiger partial charge in [-0.25, -0.2) is 4.98 Å². The fourth-order valence-electron chi connectivity index (χ4n) is 1.90. The van der Waals surface area contributed by atoms with E-state index < -0.39 is 0 Å². The maximum absolute atomic E-state index is 4.31. The molecule has 5 nitrogen and oxygen atoms in total. The van der Waals surface area contributed by atoms with E-state index in [2.05, 4.69) is 33.5 Å². The summed E-state index contributed by atoms with van der Waals surface area (Å²) in [6, 6.07) is 0. The zero-order valence-corrected chi connectivity index (χ0v) is 10.9. The van der Waals surface area contributed by atoms with Crippen molar-refractivity contribution >= 4 is 0 Å². The van der Waals surface area contributed by atoms with Crippen molar-refractivity contribution in [2.75, 3.05) is 6.54 Å². The fourth-order valence-corrected chi connectivity index (χ4v) is 1.90. The molecule has 0 saturated carbocycles. The molecule has 0 atom stereocenters.